The molecule has 1 aliphatic heterocycles. The second kappa shape index (κ2) is 11.9. The number of hydrogen-bond donors (Lipinski definition) is 1. The highest BCUT2D eigenvalue weighted by atomic mass is 35.5. The smallest absolute Gasteiger partial charge is 0.350 e. The van der Waals surface area contributed by atoms with Crippen LogP contribution in [0.5, 0.6) is 0 Å². The van der Waals surface area contributed by atoms with Gasteiger partial charge in [0, 0.05) is 41.7 Å². The first-order valence-electron chi connectivity index (χ1n) is 12.9. The predicted octanol–water partition coefficient (Wildman–Crippen LogP) is 4.67. The molecule has 11 heteroatoms. The predicted molar refractivity (Wildman–Crippen MR) is 154 cm³/mol. The van der Waals surface area contributed by atoms with Gasteiger partial charge in [-0.1, -0.05) is 46.5 Å². The van der Waals surface area contributed by atoms with Crippen LogP contribution >= 0.6 is 19.4 Å². The van der Waals surface area contributed by atoms with Gasteiger partial charge in [-0.2, -0.15) is 0 Å². The van der Waals surface area contributed by atoms with Crippen LogP contribution in [-0.4, -0.2) is 45.8 Å². The zero-order valence-corrected chi connectivity index (χ0v) is 23.7. The number of amides is 2. The number of ketones is 1. The van der Waals surface area contributed by atoms with Crippen molar-refractivity contribution in [1.82, 2.24) is 14.8 Å². The van der Waals surface area contributed by atoms with Gasteiger partial charge in [-0.15, -0.1) is 0 Å². The van der Waals surface area contributed by atoms with E-state index in [-0.39, 0.29) is 42.4 Å². The van der Waals surface area contributed by atoms with E-state index >= 15 is 0 Å². The molecule has 1 aromatic heterocycles. The maximum Gasteiger partial charge on any atom is 0.415 e. The van der Waals surface area contributed by atoms with Crippen LogP contribution in [0.2, 0.25) is 5.02 Å². The highest BCUT2D eigenvalue weighted by molar-refractivity contribution is 7.61. The van der Waals surface area contributed by atoms with Crippen molar-refractivity contribution in [3.63, 3.8) is 0 Å². The summed E-state index contributed by atoms with van der Waals surface area (Å²) < 4.78 is 43.5. The van der Waals surface area contributed by atoms with Crippen LogP contribution in [0.25, 0.3) is 10.9 Å². The van der Waals surface area contributed by atoms with E-state index in [0.717, 1.165) is 0 Å². The molecule has 2 amide bonds. The number of hydrogen-bond acceptors (Lipinski definition) is 4. The van der Waals surface area contributed by atoms with E-state index in [0.29, 0.717) is 27.1 Å². The molecule has 7 nitrogen and oxygen atoms in total. The normalized spacial score (nSPS) is 17.1. The Morgan fingerprint density at radius 2 is 1.80 bits per heavy atom. The van der Waals surface area contributed by atoms with Gasteiger partial charge >= 0.3 is 7.80 Å². The molecule has 0 saturated carbocycles. The molecule has 3 atom stereocenters. The second-order valence-corrected chi connectivity index (χ2v) is 11.9. The first-order valence-corrected chi connectivity index (χ1v) is 14.6. The summed E-state index contributed by atoms with van der Waals surface area (Å²) in [6.07, 6.45) is -0.0551. The van der Waals surface area contributed by atoms with Crippen LogP contribution in [-0.2, 0) is 27.2 Å². The molecule has 1 saturated heterocycles. The lowest BCUT2D eigenvalue weighted by molar-refractivity contribution is -0.139. The molecule has 1 unspecified atom stereocenters. The largest absolute Gasteiger partial charge is 0.415 e. The summed E-state index contributed by atoms with van der Waals surface area (Å²) in [7, 11) is -1.92. The number of nitrogens with one attached hydrogen (secondary N) is 1. The van der Waals surface area contributed by atoms with Gasteiger partial charge in [0.1, 0.15) is 24.6 Å². The van der Waals surface area contributed by atoms with Crippen LogP contribution in [0.15, 0.2) is 72.9 Å². The Kier molecular flexibility index (Phi) is 8.29. The minimum absolute atomic E-state index is 0.0846. The molecule has 4 aromatic rings. The van der Waals surface area contributed by atoms with E-state index in [4.69, 9.17) is 11.6 Å². The Morgan fingerprint density at radius 3 is 2.54 bits per heavy atom. The lowest BCUT2D eigenvalue weighted by Crippen LogP contribution is -2.46. The van der Waals surface area contributed by atoms with Crippen LogP contribution < -0.4 is 15.9 Å². The SMILES string of the molecule is CC(=O)c1cn(CC(=O)N2C[C@H](F)C[C@H]2C(=O)NCc2cccc(Cl)c2F)c2cc([P+](=O)c3ccccc3)ccc12. The number of carbonyl (C=O) groups is 3. The zero-order valence-electron chi connectivity index (χ0n) is 22.0. The molecule has 1 N–H and O–H groups in total. The number of alkyl halides is 1. The third-order valence-electron chi connectivity index (χ3n) is 7.13. The molecular weight excluding hydrogens is 571 g/mol. The van der Waals surface area contributed by atoms with Gasteiger partial charge in [0.2, 0.25) is 11.8 Å². The number of aromatic nitrogens is 1. The molecule has 210 valence electrons. The topological polar surface area (TPSA) is 88.5 Å². The van der Waals surface area contributed by atoms with Gasteiger partial charge in [-0.25, -0.2) is 8.78 Å². The maximum atomic E-state index is 14.5. The van der Waals surface area contributed by atoms with Crippen molar-refractivity contribution in [1.29, 1.82) is 0 Å². The second-order valence-electron chi connectivity index (χ2n) is 9.88. The van der Waals surface area contributed by atoms with Gasteiger partial charge < -0.3 is 14.8 Å². The number of nitrogens with zero attached hydrogens (tertiary/aromatic N) is 2. The molecule has 41 heavy (non-hydrogen) atoms. The maximum absolute atomic E-state index is 14.5. The summed E-state index contributed by atoms with van der Waals surface area (Å²) >= 11 is 5.81. The fraction of sp³-hybridized carbons (Fsp3) is 0.233. The number of Topliss-reactive ketones (excluding diaryl/α,β-unsaturated/α-hetero) is 1. The molecule has 3 aromatic carbocycles. The highest BCUT2D eigenvalue weighted by Crippen LogP contribution is 2.28. The first-order chi connectivity index (χ1) is 19.6. The fourth-order valence-electron chi connectivity index (χ4n) is 5.06. The van der Waals surface area contributed by atoms with E-state index in [9.17, 15) is 27.7 Å². The molecule has 1 aliphatic rings. The Labute approximate surface area is 240 Å². The van der Waals surface area contributed by atoms with Gasteiger partial charge in [-0.05, 0) is 37.3 Å². The Balaban J connectivity index is 1.39. The third-order valence-corrected chi connectivity index (χ3v) is 8.94. The van der Waals surface area contributed by atoms with Gasteiger partial charge in [0.15, 0.2) is 16.4 Å². The van der Waals surface area contributed by atoms with Crippen LogP contribution in [0.1, 0.15) is 29.3 Å². The fourth-order valence-corrected chi connectivity index (χ4v) is 6.45. The van der Waals surface area contributed by atoms with E-state index in [2.05, 4.69) is 5.32 Å². The summed E-state index contributed by atoms with van der Waals surface area (Å²) in [5.41, 5.74) is 1.07. The molecule has 0 radical (unpaired) electrons. The van der Waals surface area contributed by atoms with Crippen molar-refractivity contribution < 1.29 is 27.7 Å². The summed E-state index contributed by atoms with van der Waals surface area (Å²) in [5, 5.41) is 4.25. The van der Waals surface area contributed by atoms with Crippen molar-refractivity contribution in [3.05, 3.63) is 94.9 Å². The number of halogens is 3. The molecule has 0 spiro atoms. The first kappa shape index (κ1) is 28.6. The van der Waals surface area contributed by atoms with E-state index in [1.165, 1.54) is 24.0 Å². The average Bonchev–Trinajstić information content (AvgIpc) is 3.54. The van der Waals surface area contributed by atoms with Crippen molar-refractivity contribution >= 4 is 58.5 Å². The number of benzene rings is 3. The number of rotatable bonds is 8. The average molecular weight is 597 g/mol. The summed E-state index contributed by atoms with van der Waals surface area (Å²) in [6.45, 7) is 0.699. The van der Waals surface area contributed by atoms with Crippen molar-refractivity contribution in [2.75, 3.05) is 6.54 Å². The summed E-state index contributed by atoms with van der Waals surface area (Å²) in [4.78, 5) is 40.0. The lowest BCUT2D eigenvalue weighted by atomic mass is 10.1. The lowest BCUT2D eigenvalue weighted by Gasteiger charge is -2.24. The van der Waals surface area contributed by atoms with Crippen LogP contribution in [0.4, 0.5) is 8.78 Å². The summed E-state index contributed by atoms with van der Waals surface area (Å²) in [6, 6.07) is 17.4. The quantitative estimate of drug-likeness (QED) is 0.237. The monoisotopic (exact) mass is 596 g/mol. The van der Waals surface area contributed by atoms with Crippen LogP contribution in [0, 0.1) is 5.82 Å². The van der Waals surface area contributed by atoms with E-state index in [1.54, 1.807) is 59.3 Å². The van der Waals surface area contributed by atoms with Crippen LogP contribution in [0.3, 0.4) is 0 Å². The zero-order chi connectivity index (χ0) is 29.3. The minimum Gasteiger partial charge on any atom is -0.350 e. The molecule has 0 bridgehead atoms. The number of likely N-dealkylation sites (tertiary alicyclic amines) is 1. The molecule has 5 rings (SSSR count). The summed E-state index contributed by atoms with van der Waals surface area (Å²) in [5.74, 6) is -2.01. The van der Waals surface area contributed by atoms with E-state index in [1.807, 2.05) is 6.07 Å². The van der Waals surface area contributed by atoms with Crippen molar-refractivity contribution in [2.24, 2.45) is 0 Å². The molecule has 0 aliphatic carbocycles. The van der Waals surface area contributed by atoms with Crippen molar-refractivity contribution in [2.45, 2.75) is 38.6 Å². The van der Waals surface area contributed by atoms with Crippen molar-refractivity contribution in [3.8, 4) is 0 Å². The van der Waals surface area contributed by atoms with Gasteiger partial charge in [0.05, 0.1) is 17.1 Å². The molecule has 2 heterocycles. The number of carbonyl (C=O) groups excluding carboxylic acids is 3. The van der Waals surface area contributed by atoms with E-state index < -0.39 is 37.6 Å². The third kappa shape index (κ3) is 5.92. The highest BCUT2D eigenvalue weighted by Gasteiger charge is 2.40. The standard InChI is InChI=1S/C30H25ClF2N3O4P/c1-18(37)24-16-35(26-13-22(10-11-23(24)26)41(40)21-7-3-2-4-8-21)17-28(38)36-15-20(32)12-27(36)30(39)34-14-19-6-5-9-25(31)29(19)33/h2-11,13,16,20,27H,12,14-15,17H2,1H3/p+1/t20-,27+/m1/s1. The molecular formula is C30H26ClF2N3O4P+. The van der Waals surface area contributed by atoms with Gasteiger partial charge in [-0.3, -0.25) is 14.4 Å². The number of fused-ring (bicyclic) bond motifs is 1. The minimum atomic E-state index is -1.92. The Morgan fingerprint density at radius 1 is 1.05 bits per heavy atom. The Bertz CT molecular complexity index is 1680. The van der Waals surface area contributed by atoms with Gasteiger partial charge in [0.25, 0.3) is 0 Å². The Hall–Kier alpha value is -3.94. The molecule has 1 fully saturated rings.